The second-order valence-corrected chi connectivity index (χ2v) is 7.95. The molecule has 1 unspecified atom stereocenters. The molecule has 1 atom stereocenters. The summed E-state index contributed by atoms with van der Waals surface area (Å²) in [6.45, 7) is 2.90. The molecule has 0 aliphatic rings. The van der Waals surface area contributed by atoms with Crippen molar-refractivity contribution >= 4 is 11.6 Å². The number of hydrogen-bond donors (Lipinski definition) is 2. The second kappa shape index (κ2) is 7.61. The third kappa shape index (κ3) is 4.75. The van der Waals surface area contributed by atoms with Gasteiger partial charge in [-0.05, 0) is 60.2 Å². The average Bonchev–Trinajstić information content (AvgIpc) is 2.54. The largest absolute Gasteiger partial charge is 0.508 e. The van der Waals surface area contributed by atoms with Crippen LogP contribution in [0.2, 0.25) is 5.02 Å². The minimum absolute atomic E-state index is 0.0235. The number of halogens is 5. The molecule has 0 aliphatic carbocycles. The first-order chi connectivity index (χ1) is 12.8. The lowest BCUT2D eigenvalue weighted by Crippen LogP contribution is -2.58. The van der Waals surface area contributed by atoms with Gasteiger partial charge in [0.05, 0.1) is 11.6 Å². The minimum atomic E-state index is -4.80. The number of phenolic OH excluding ortho intramolecular Hbond substituents is 1. The summed E-state index contributed by atoms with van der Waals surface area (Å²) in [6.07, 6.45) is -6.07. The SMILES string of the molecule is CC(C)(CC(N)(Cc1cc(Cl)cc(C#N)c1)C(F)(F)F)c1cc(F)ccc1O. The average molecular weight is 415 g/mol. The van der Waals surface area contributed by atoms with Crippen LogP contribution in [0.15, 0.2) is 36.4 Å². The van der Waals surface area contributed by atoms with E-state index < -0.39 is 35.8 Å². The maximum Gasteiger partial charge on any atom is 0.406 e. The summed E-state index contributed by atoms with van der Waals surface area (Å²) in [4.78, 5) is 0. The van der Waals surface area contributed by atoms with Gasteiger partial charge in [-0.25, -0.2) is 4.39 Å². The van der Waals surface area contributed by atoms with Gasteiger partial charge in [0.2, 0.25) is 0 Å². The molecule has 28 heavy (non-hydrogen) atoms. The molecule has 0 amide bonds. The van der Waals surface area contributed by atoms with E-state index in [1.165, 1.54) is 32.0 Å². The van der Waals surface area contributed by atoms with E-state index >= 15 is 0 Å². The smallest absolute Gasteiger partial charge is 0.406 e. The predicted molar refractivity (Wildman–Crippen MR) is 98.6 cm³/mol. The standard InChI is InChI=1S/C20H19ClF4N2O/c1-18(2,16-8-15(22)3-4-17(16)28)11-19(27,20(23,24)25)9-12-5-13(10-26)7-14(21)6-12/h3-8,28H,9,11,27H2,1-2H3. The van der Waals surface area contributed by atoms with E-state index in [4.69, 9.17) is 22.6 Å². The summed E-state index contributed by atoms with van der Waals surface area (Å²) in [6, 6.07) is 8.91. The molecule has 0 radical (unpaired) electrons. The Morgan fingerprint density at radius 1 is 1.14 bits per heavy atom. The van der Waals surface area contributed by atoms with Gasteiger partial charge in [-0.1, -0.05) is 25.4 Å². The van der Waals surface area contributed by atoms with Crippen LogP contribution in [0.4, 0.5) is 17.6 Å². The second-order valence-electron chi connectivity index (χ2n) is 7.51. The van der Waals surface area contributed by atoms with Gasteiger partial charge in [-0.15, -0.1) is 0 Å². The Hall–Kier alpha value is -2.30. The van der Waals surface area contributed by atoms with Crippen molar-refractivity contribution in [2.24, 2.45) is 5.73 Å². The highest BCUT2D eigenvalue weighted by atomic mass is 35.5. The van der Waals surface area contributed by atoms with Crippen LogP contribution in [0, 0.1) is 17.1 Å². The minimum Gasteiger partial charge on any atom is -0.508 e. The molecule has 0 heterocycles. The zero-order valence-electron chi connectivity index (χ0n) is 15.2. The van der Waals surface area contributed by atoms with Gasteiger partial charge in [-0.3, -0.25) is 0 Å². The van der Waals surface area contributed by atoms with E-state index in [-0.39, 0.29) is 27.5 Å². The summed E-state index contributed by atoms with van der Waals surface area (Å²) in [5, 5.41) is 19.2. The molecule has 0 saturated carbocycles. The fourth-order valence-electron chi connectivity index (χ4n) is 3.38. The summed E-state index contributed by atoms with van der Waals surface area (Å²) >= 11 is 5.89. The van der Waals surface area contributed by atoms with Gasteiger partial charge in [0.1, 0.15) is 17.1 Å². The molecule has 3 N–H and O–H groups in total. The van der Waals surface area contributed by atoms with E-state index in [0.29, 0.717) is 0 Å². The molecule has 0 aromatic heterocycles. The first kappa shape index (κ1) is 22.0. The van der Waals surface area contributed by atoms with Crippen LogP contribution in [-0.4, -0.2) is 16.8 Å². The van der Waals surface area contributed by atoms with Crippen molar-refractivity contribution in [1.29, 1.82) is 5.26 Å². The Morgan fingerprint density at radius 3 is 2.36 bits per heavy atom. The maximum atomic E-state index is 13.9. The fraction of sp³-hybridized carbons (Fsp3) is 0.350. The predicted octanol–water partition coefficient (Wildman–Crippen LogP) is 5.23. The summed E-state index contributed by atoms with van der Waals surface area (Å²) in [5.74, 6) is -0.991. The number of benzene rings is 2. The van der Waals surface area contributed by atoms with Crippen LogP contribution in [-0.2, 0) is 11.8 Å². The number of nitrogens with two attached hydrogens (primary N) is 1. The Bertz CT molecular complexity index is 921. The van der Waals surface area contributed by atoms with Gasteiger partial charge < -0.3 is 10.8 Å². The van der Waals surface area contributed by atoms with Crippen LogP contribution in [0.25, 0.3) is 0 Å². The molecule has 0 saturated heterocycles. The van der Waals surface area contributed by atoms with Gasteiger partial charge in [-0.2, -0.15) is 18.4 Å². The molecule has 3 nitrogen and oxygen atoms in total. The summed E-state index contributed by atoms with van der Waals surface area (Å²) < 4.78 is 55.4. The fourth-order valence-corrected chi connectivity index (χ4v) is 3.64. The Labute approximate surface area is 165 Å². The summed E-state index contributed by atoms with van der Waals surface area (Å²) in [7, 11) is 0. The van der Waals surface area contributed by atoms with Crippen LogP contribution in [0.1, 0.15) is 37.0 Å². The van der Waals surface area contributed by atoms with Crippen LogP contribution in [0.3, 0.4) is 0 Å². The first-order valence-corrected chi connectivity index (χ1v) is 8.69. The third-order valence-electron chi connectivity index (χ3n) is 4.62. The van der Waals surface area contributed by atoms with Gasteiger partial charge in [0.15, 0.2) is 0 Å². The van der Waals surface area contributed by atoms with Crippen molar-refractivity contribution in [1.82, 2.24) is 0 Å². The zero-order valence-corrected chi connectivity index (χ0v) is 16.0. The molecular formula is C20H19ClF4N2O. The summed E-state index contributed by atoms with van der Waals surface area (Å²) in [5.41, 5.74) is 2.13. The highest BCUT2D eigenvalue weighted by Crippen LogP contribution is 2.43. The van der Waals surface area contributed by atoms with Crippen molar-refractivity contribution in [3.05, 3.63) is 63.9 Å². The molecule has 0 aliphatic heterocycles. The molecule has 2 aromatic carbocycles. The van der Waals surface area contributed by atoms with Gasteiger partial charge in [0, 0.05) is 10.6 Å². The van der Waals surface area contributed by atoms with Crippen molar-refractivity contribution in [2.75, 3.05) is 0 Å². The van der Waals surface area contributed by atoms with Crippen molar-refractivity contribution in [3.63, 3.8) is 0 Å². The van der Waals surface area contributed by atoms with Crippen molar-refractivity contribution < 1.29 is 22.7 Å². The number of alkyl halides is 3. The Balaban J connectivity index is 2.47. The molecule has 0 bridgehead atoms. The normalized spacial score (nSPS) is 14.4. The first-order valence-electron chi connectivity index (χ1n) is 8.32. The maximum absolute atomic E-state index is 13.9. The molecule has 0 spiro atoms. The van der Waals surface area contributed by atoms with E-state index in [1.807, 2.05) is 6.07 Å². The quantitative estimate of drug-likeness (QED) is 0.658. The molecule has 8 heteroatoms. The topological polar surface area (TPSA) is 70.0 Å². The Morgan fingerprint density at radius 2 is 1.79 bits per heavy atom. The van der Waals surface area contributed by atoms with Crippen LogP contribution >= 0.6 is 11.6 Å². The lowest BCUT2D eigenvalue weighted by Gasteiger charge is -2.39. The van der Waals surface area contributed by atoms with Crippen LogP contribution < -0.4 is 5.73 Å². The molecule has 150 valence electrons. The molecule has 0 fully saturated rings. The highest BCUT2D eigenvalue weighted by molar-refractivity contribution is 6.30. The molecular weight excluding hydrogens is 396 g/mol. The highest BCUT2D eigenvalue weighted by Gasteiger charge is 2.54. The molecule has 2 aromatic rings. The third-order valence-corrected chi connectivity index (χ3v) is 4.83. The molecule has 2 rings (SSSR count). The van der Waals surface area contributed by atoms with E-state index in [1.54, 1.807) is 0 Å². The number of rotatable bonds is 5. The van der Waals surface area contributed by atoms with Crippen molar-refractivity contribution in [2.45, 2.75) is 43.8 Å². The Kier molecular flexibility index (Phi) is 5.98. The zero-order chi connectivity index (χ0) is 21.3. The number of aromatic hydroxyl groups is 1. The monoisotopic (exact) mass is 414 g/mol. The van der Waals surface area contributed by atoms with E-state index in [0.717, 1.165) is 18.2 Å². The van der Waals surface area contributed by atoms with E-state index in [9.17, 15) is 22.7 Å². The van der Waals surface area contributed by atoms with E-state index in [2.05, 4.69) is 0 Å². The van der Waals surface area contributed by atoms with Crippen molar-refractivity contribution in [3.8, 4) is 11.8 Å². The number of nitriles is 1. The van der Waals surface area contributed by atoms with Gasteiger partial charge in [0.25, 0.3) is 0 Å². The number of nitrogens with zero attached hydrogens (tertiary/aromatic N) is 1. The van der Waals surface area contributed by atoms with Gasteiger partial charge >= 0.3 is 6.18 Å². The number of phenols is 1. The lowest BCUT2D eigenvalue weighted by atomic mass is 9.71. The number of hydrogen-bond acceptors (Lipinski definition) is 3. The lowest BCUT2D eigenvalue weighted by molar-refractivity contribution is -0.191. The van der Waals surface area contributed by atoms with Crippen LogP contribution in [0.5, 0.6) is 5.75 Å².